The molecule has 2 amide bonds. The van der Waals surface area contributed by atoms with Crippen molar-refractivity contribution in [2.45, 2.75) is 39.3 Å². The Labute approximate surface area is 128 Å². The molecule has 0 spiro atoms. The second-order valence-electron chi connectivity index (χ2n) is 5.11. The van der Waals surface area contributed by atoms with Crippen LogP contribution in [0.5, 0.6) is 0 Å². The van der Waals surface area contributed by atoms with Gasteiger partial charge in [0.1, 0.15) is 11.9 Å². The van der Waals surface area contributed by atoms with Crippen molar-refractivity contribution in [3.63, 3.8) is 0 Å². The summed E-state index contributed by atoms with van der Waals surface area (Å²) >= 11 is 6.06. The summed E-state index contributed by atoms with van der Waals surface area (Å²) in [6.07, 6.45) is 0.883. The van der Waals surface area contributed by atoms with E-state index < -0.39 is 11.9 Å². The molecular weight excluding hydrogens is 295 g/mol. The maximum Gasteiger partial charge on any atom is 0.243 e. The molecule has 0 aromatic heterocycles. The Morgan fingerprint density at radius 2 is 2.24 bits per heavy atom. The summed E-state index contributed by atoms with van der Waals surface area (Å²) in [5, 5.41) is 3.00. The molecule has 4 nitrogen and oxygen atoms in total. The Bertz CT molecular complexity index is 577. The van der Waals surface area contributed by atoms with Crippen LogP contribution >= 0.6 is 11.6 Å². The molecule has 1 fully saturated rings. The van der Waals surface area contributed by atoms with Gasteiger partial charge in [-0.05, 0) is 31.9 Å². The van der Waals surface area contributed by atoms with E-state index in [4.69, 9.17) is 11.6 Å². The van der Waals surface area contributed by atoms with Gasteiger partial charge in [-0.2, -0.15) is 0 Å². The highest BCUT2D eigenvalue weighted by molar-refractivity contribution is 6.32. The molecule has 2 rings (SSSR count). The zero-order valence-corrected chi connectivity index (χ0v) is 12.8. The molecule has 114 valence electrons. The van der Waals surface area contributed by atoms with Gasteiger partial charge in [-0.25, -0.2) is 4.39 Å². The number of nitrogens with zero attached hydrogens (tertiary/aromatic N) is 1. The van der Waals surface area contributed by atoms with Gasteiger partial charge in [0.05, 0.1) is 5.02 Å². The second kappa shape index (κ2) is 6.43. The van der Waals surface area contributed by atoms with Gasteiger partial charge in [-0.15, -0.1) is 0 Å². The first-order valence-electron chi connectivity index (χ1n) is 6.96. The third kappa shape index (κ3) is 3.18. The lowest BCUT2D eigenvalue weighted by atomic mass is 10.1. The SMILES string of the molecule is CCN1C(=O)CCC1C(=O)NCc1c(F)ccc(C)c1Cl. The van der Waals surface area contributed by atoms with E-state index in [1.807, 2.05) is 6.92 Å². The smallest absolute Gasteiger partial charge is 0.243 e. The van der Waals surface area contributed by atoms with Crippen molar-refractivity contribution in [3.05, 3.63) is 34.1 Å². The van der Waals surface area contributed by atoms with Gasteiger partial charge in [-0.3, -0.25) is 9.59 Å². The number of carbonyl (C=O) groups is 2. The second-order valence-corrected chi connectivity index (χ2v) is 5.49. The lowest BCUT2D eigenvalue weighted by Gasteiger charge is -2.22. The van der Waals surface area contributed by atoms with Crippen molar-refractivity contribution in [1.29, 1.82) is 0 Å². The Morgan fingerprint density at radius 1 is 1.52 bits per heavy atom. The minimum atomic E-state index is -0.464. The third-order valence-corrected chi connectivity index (χ3v) is 4.32. The summed E-state index contributed by atoms with van der Waals surface area (Å²) in [7, 11) is 0. The van der Waals surface area contributed by atoms with Crippen LogP contribution < -0.4 is 5.32 Å². The van der Waals surface area contributed by atoms with Crippen molar-refractivity contribution >= 4 is 23.4 Å². The van der Waals surface area contributed by atoms with Crippen molar-refractivity contribution in [1.82, 2.24) is 10.2 Å². The van der Waals surface area contributed by atoms with Crippen molar-refractivity contribution in [2.75, 3.05) is 6.54 Å². The van der Waals surface area contributed by atoms with E-state index in [1.54, 1.807) is 17.9 Å². The molecule has 0 bridgehead atoms. The van der Waals surface area contributed by atoms with Gasteiger partial charge < -0.3 is 10.2 Å². The van der Waals surface area contributed by atoms with Gasteiger partial charge in [0.15, 0.2) is 0 Å². The molecular formula is C15H18ClFN2O2. The Balaban J connectivity index is 2.05. The molecule has 0 radical (unpaired) electrons. The molecule has 1 atom stereocenters. The lowest BCUT2D eigenvalue weighted by Crippen LogP contribution is -2.44. The highest BCUT2D eigenvalue weighted by atomic mass is 35.5. The first-order valence-corrected chi connectivity index (χ1v) is 7.34. The standard InChI is InChI=1S/C15H18ClFN2O2/c1-3-19-12(6-7-13(19)20)15(21)18-8-10-11(17)5-4-9(2)14(10)16/h4-5,12H,3,6-8H2,1-2H3,(H,18,21). The predicted molar refractivity (Wildman–Crippen MR) is 78.4 cm³/mol. The highest BCUT2D eigenvalue weighted by Crippen LogP contribution is 2.24. The lowest BCUT2D eigenvalue weighted by molar-refractivity contribution is -0.135. The molecule has 0 saturated carbocycles. The minimum absolute atomic E-state index is 0.0163. The number of aryl methyl sites for hydroxylation is 1. The van der Waals surface area contributed by atoms with Gasteiger partial charge in [0.25, 0.3) is 0 Å². The summed E-state index contributed by atoms with van der Waals surface area (Å²) in [6, 6.07) is 2.46. The summed E-state index contributed by atoms with van der Waals surface area (Å²) in [5.41, 5.74) is 1.03. The topological polar surface area (TPSA) is 49.4 Å². The molecule has 6 heteroatoms. The summed E-state index contributed by atoms with van der Waals surface area (Å²) in [4.78, 5) is 25.3. The van der Waals surface area contributed by atoms with Crippen LogP contribution in [0.3, 0.4) is 0 Å². The average molecular weight is 313 g/mol. The molecule has 21 heavy (non-hydrogen) atoms. The molecule has 1 aliphatic heterocycles. The van der Waals surface area contributed by atoms with E-state index in [0.717, 1.165) is 5.56 Å². The number of amides is 2. The van der Waals surface area contributed by atoms with E-state index in [2.05, 4.69) is 5.32 Å². The fraction of sp³-hybridized carbons (Fsp3) is 0.467. The molecule has 1 aliphatic rings. The van der Waals surface area contributed by atoms with Crippen LogP contribution in [0, 0.1) is 12.7 Å². The zero-order valence-electron chi connectivity index (χ0n) is 12.1. The molecule has 1 N–H and O–H groups in total. The molecule has 1 saturated heterocycles. The van der Waals surface area contributed by atoms with Crippen molar-refractivity contribution in [2.24, 2.45) is 0 Å². The Morgan fingerprint density at radius 3 is 2.90 bits per heavy atom. The van der Waals surface area contributed by atoms with E-state index in [0.29, 0.717) is 24.4 Å². The molecule has 1 aromatic carbocycles. The number of benzene rings is 1. The normalized spacial score (nSPS) is 18.2. The maximum absolute atomic E-state index is 13.8. The van der Waals surface area contributed by atoms with E-state index in [9.17, 15) is 14.0 Å². The number of hydrogen-bond donors (Lipinski definition) is 1. The van der Waals surface area contributed by atoms with Gasteiger partial charge in [0.2, 0.25) is 11.8 Å². The summed E-state index contributed by atoms with van der Waals surface area (Å²) < 4.78 is 13.8. The molecule has 1 aromatic rings. The molecule has 0 aliphatic carbocycles. The molecule has 1 unspecified atom stereocenters. The first kappa shape index (κ1) is 15.8. The Kier molecular flexibility index (Phi) is 4.83. The first-order chi connectivity index (χ1) is 9.95. The number of hydrogen-bond acceptors (Lipinski definition) is 2. The number of nitrogens with one attached hydrogen (secondary N) is 1. The van der Waals surface area contributed by atoms with Crippen LogP contribution in [0.25, 0.3) is 0 Å². The van der Waals surface area contributed by atoms with Crippen LogP contribution in [0.4, 0.5) is 4.39 Å². The van der Waals surface area contributed by atoms with Gasteiger partial charge in [0, 0.05) is 25.1 Å². The van der Waals surface area contributed by atoms with Crippen LogP contribution in [0.1, 0.15) is 30.9 Å². The zero-order chi connectivity index (χ0) is 15.6. The van der Waals surface area contributed by atoms with Gasteiger partial charge in [-0.1, -0.05) is 17.7 Å². The molecule has 1 heterocycles. The van der Waals surface area contributed by atoms with Gasteiger partial charge >= 0.3 is 0 Å². The number of carbonyl (C=O) groups excluding carboxylic acids is 2. The van der Waals surface area contributed by atoms with Crippen LogP contribution in [-0.4, -0.2) is 29.3 Å². The fourth-order valence-corrected chi connectivity index (χ4v) is 2.79. The van der Waals surface area contributed by atoms with Crippen LogP contribution in [0.2, 0.25) is 5.02 Å². The third-order valence-electron chi connectivity index (χ3n) is 3.79. The predicted octanol–water partition coefficient (Wildman–Crippen LogP) is 2.41. The summed E-state index contributed by atoms with van der Waals surface area (Å²) in [6.45, 7) is 4.13. The number of likely N-dealkylation sites (tertiary alicyclic amines) is 1. The van der Waals surface area contributed by atoms with E-state index in [-0.39, 0.29) is 23.9 Å². The fourth-order valence-electron chi connectivity index (χ4n) is 2.57. The average Bonchev–Trinajstić information content (AvgIpc) is 2.83. The Hall–Kier alpha value is -1.62. The largest absolute Gasteiger partial charge is 0.350 e. The minimum Gasteiger partial charge on any atom is -0.350 e. The quantitative estimate of drug-likeness (QED) is 0.928. The maximum atomic E-state index is 13.8. The van der Waals surface area contributed by atoms with Crippen molar-refractivity contribution < 1.29 is 14.0 Å². The van der Waals surface area contributed by atoms with E-state index in [1.165, 1.54) is 6.07 Å². The van der Waals surface area contributed by atoms with Crippen LogP contribution in [0.15, 0.2) is 12.1 Å². The van der Waals surface area contributed by atoms with Crippen molar-refractivity contribution in [3.8, 4) is 0 Å². The monoisotopic (exact) mass is 312 g/mol. The number of likely N-dealkylation sites (N-methyl/N-ethyl adjacent to an activating group) is 1. The van der Waals surface area contributed by atoms with Crippen LogP contribution in [-0.2, 0) is 16.1 Å². The highest BCUT2D eigenvalue weighted by Gasteiger charge is 2.34. The number of rotatable bonds is 4. The van der Waals surface area contributed by atoms with E-state index >= 15 is 0 Å². The summed E-state index contributed by atoms with van der Waals surface area (Å²) in [5.74, 6) is -0.724. The number of halogens is 2.